The van der Waals surface area contributed by atoms with Gasteiger partial charge in [0.15, 0.2) is 6.10 Å². The molecule has 152 valence electrons. The number of carbonyl (C=O) groups is 3. The van der Waals surface area contributed by atoms with Crippen LogP contribution in [0.5, 0.6) is 0 Å². The average Bonchev–Trinajstić information content (AvgIpc) is 3.19. The van der Waals surface area contributed by atoms with Crippen LogP contribution < -0.4 is 0 Å². The molecule has 0 spiro atoms. The average molecular weight is 412 g/mol. The van der Waals surface area contributed by atoms with Gasteiger partial charge in [0.1, 0.15) is 0 Å². The number of aryl methyl sites for hydroxylation is 2. The minimum Gasteiger partial charge on any atom is -0.451 e. The highest BCUT2D eigenvalue weighted by Crippen LogP contribution is 2.26. The SMILES string of the molecule is C[C@H](OC(=O)c1ccccc1SCC(=O)N(C)C)C(=O)c1ccc2c(c1)CCC2. The lowest BCUT2D eigenvalue weighted by Crippen LogP contribution is -2.25. The van der Waals surface area contributed by atoms with Crippen molar-refractivity contribution in [1.29, 1.82) is 0 Å². The molecule has 3 rings (SSSR count). The molecule has 5 nitrogen and oxygen atoms in total. The summed E-state index contributed by atoms with van der Waals surface area (Å²) in [7, 11) is 3.38. The molecular formula is C23H25NO4S. The number of benzene rings is 2. The van der Waals surface area contributed by atoms with E-state index in [4.69, 9.17) is 4.74 Å². The fourth-order valence-electron chi connectivity index (χ4n) is 3.27. The first-order chi connectivity index (χ1) is 13.9. The zero-order chi connectivity index (χ0) is 21.0. The molecule has 0 radical (unpaired) electrons. The van der Waals surface area contributed by atoms with E-state index in [0.29, 0.717) is 16.0 Å². The largest absolute Gasteiger partial charge is 0.451 e. The van der Waals surface area contributed by atoms with Crippen molar-refractivity contribution >= 4 is 29.4 Å². The monoisotopic (exact) mass is 411 g/mol. The zero-order valence-electron chi connectivity index (χ0n) is 16.9. The molecule has 0 aromatic heterocycles. The first-order valence-electron chi connectivity index (χ1n) is 9.66. The predicted octanol–water partition coefficient (Wildman–Crippen LogP) is 3.78. The van der Waals surface area contributed by atoms with Crippen LogP contribution in [0.15, 0.2) is 47.4 Å². The number of carbonyl (C=O) groups excluding carboxylic acids is 3. The van der Waals surface area contributed by atoms with E-state index in [2.05, 4.69) is 0 Å². The van der Waals surface area contributed by atoms with Gasteiger partial charge in [-0.2, -0.15) is 0 Å². The number of rotatable bonds is 7. The summed E-state index contributed by atoms with van der Waals surface area (Å²) in [5.74, 6) is -0.590. The van der Waals surface area contributed by atoms with Crippen molar-refractivity contribution < 1.29 is 19.1 Å². The lowest BCUT2D eigenvalue weighted by molar-refractivity contribution is -0.125. The molecule has 2 aromatic carbocycles. The smallest absolute Gasteiger partial charge is 0.339 e. The Labute approximate surface area is 175 Å². The van der Waals surface area contributed by atoms with Gasteiger partial charge in [-0.3, -0.25) is 9.59 Å². The number of hydrogen-bond acceptors (Lipinski definition) is 5. The molecule has 2 aromatic rings. The summed E-state index contributed by atoms with van der Waals surface area (Å²) in [5, 5.41) is 0. The Morgan fingerprint density at radius 2 is 1.79 bits per heavy atom. The third-order valence-electron chi connectivity index (χ3n) is 4.99. The van der Waals surface area contributed by atoms with E-state index in [1.54, 1.807) is 45.3 Å². The van der Waals surface area contributed by atoms with Crippen molar-refractivity contribution in [2.45, 2.75) is 37.2 Å². The van der Waals surface area contributed by atoms with Crippen LogP contribution in [0.3, 0.4) is 0 Å². The highest BCUT2D eigenvalue weighted by Gasteiger charge is 2.23. The second-order valence-corrected chi connectivity index (χ2v) is 8.34. The number of fused-ring (bicyclic) bond motifs is 1. The molecular weight excluding hydrogens is 386 g/mol. The summed E-state index contributed by atoms with van der Waals surface area (Å²) < 4.78 is 5.47. The number of amides is 1. The van der Waals surface area contributed by atoms with E-state index >= 15 is 0 Å². The fourth-order valence-corrected chi connectivity index (χ4v) is 4.29. The van der Waals surface area contributed by atoms with Gasteiger partial charge in [-0.25, -0.2) is 4.79 Å². The van der Waals surface area contributed by atoms with Gasteiger partial charge in [0.05, 0.1) is 11.3 Å². The maximum atomic E-state index is 12.8. The lowest BCUT2D eigenvalue weighted by atomic mass is 10.0. The first-order valence-corrected chi connectivity index (χ1v) is 10.6. The Hall–Kier alpha value is -2.60. The Kier molecular flexibility index (Phi) is 6.75. The van der Waals surface area contributed by atoms with Gasteiger partial charge in [-0.1, -0.05) is 24.3 Å². The number of nitrogens with zero attached hydrogens (tertiary/aromatic N) is 1. The highest BCUT2D eigenvalue weighted by molar-refractivity contribution is 8.00. The van der Waals surface area contributed by atoms with Crippen molar-refractivity contribution in [3.05, 3.63) is 64.7 Å². The molecule has 0 aliphatic heterocycles. The molecule has 0 saturated carbocycles. The number of thioether (sulfide) groups is 1. The van der Waals surface area contributed by atoms with Crippen LogP contribution >= 0.6 is 11.8 Å². The molecule has 0 fully saturated rings. The van der Waals surface area contributed by atoms with Gasteiger partial charge in [-0.15, -0.1) is 11.8 Å². The lowest BCUT2D eigenvalue weighted by Gasteiger charge is -2.15. The van der Waals surface area contributed by atoms with Gasteiger partial charge in [0, 0.05) is 24.6 Å². The topological polar surface area (TPSA) is 63.7 Å². The van der Waals surface area contributed by atoms with Gasteiger partial charge < -0.3 is 9.64 Å². The summed E-state index contributed by atoms with van der Waals surface area (Å²) in [4.78, 5) is 39.5. The number of ether oxygens (including phenoxy) is 1. The normalized spacial score (nSPS) is 13.5. The van der Waals surface area contributed by atoms with Crippen molar-refractivity contribution in [1.82, 2.24) is 4.90 Å². The molecule has 0 heterocycles. The quantitative estimate of drug-likeness (QED) is 0.394. The summed E-state index contributed by atoms with van der Waals surface area (Å²) in [6.07, 6.45) is 2.27. The number of Topliss-reactive ketones (excluding diaryl/α,β-unsaturated/α-hetero) is 1. The first kappa shape index (κ1) is 21.1. The minimum absolute atomic E-state index is 0.0432. The van der Waals surface area contributed by atoms with E-state index in [0.717, 1.165) is 19.3 Å². The van der Waals surface area contributed by atoms with Gasteiger partial charge in [-0.05, 0) is 55.5 Å². The maximum absolute atomic E-state index is 12.8. The van der Waals surface area contributed by atoms with Crippen LogP contribution in [0.4, 0.5) is 0 Å². The predicted molar refractivity (Wildman–Crippen MR) is 114 cm³/mol. The van der Waals surface area contributed by atoms with Gasteiger partial charge in [0.25, 0.3) is 0 Å². The molecule has 0 saturated heterocycles. The van der Waals surface area contributed by atoms with E-state index in [9.17, 15) is 14.4 Å². The number of hydrogen-bond donors (Lipinski definition) is 0. The molecule has 0 unspecified atom stereocenters. The summed E-state index contributed by atoms with van der Waals surface area (Å²) in [6.45, 7) is 1.60. The van der Waals surface area contributed by atoms with Crippen molar-refractivity contribution in [2.75, 3.05) is 19.8 Å². The van der Waals surface area contributed by atoms with Crippen molar-refractivity contribution in [3.8, 4) is 0 Å². The van der Waals surface area contributed by atoms with Gasteiger partial charge in [0.2, 0.25) is 11.7 Å². The summed E-state index contributed by atoms with van der Waals surface area (Å²) in [5.41, 5.74) is 3.44. The third kappa shape index (κ3) is 5.07. The molecule has 1 atom stereocenters. The second-order valence-electron chi connectivity index (χ2n) is 7.32. The molecule has 29 heavy (non-hydrogen) atoms. The molecule has 1 aliphatic carbocycles. The van der Waals surface area contributed by atoms with Crippen LogP contribution in [0.2, 0.25) is 0 Å². The van der Waals surface area contributed by atoms with Crippen LogP contribution in [-0.4, -0.2) is 48.5 Å². The third-order valence-corrected chi connectivity index (χ3v) is 6.05. The fraction of sp³-hybridized carbons (Fsp3) is 0.348. The molecule has 1 aliphatic rings. The zero-order valence-corrected chi connectivity index (χ0v) is 17.8. The molecule has 0 N–H and O–H groups in total. The van der Waals surface area contributed by atoms with Crippen LogP contribution in [0.1, 0.15) is 45.2 Å². The number of ketones is 1. The van der Waals surface area contributed by atoms with Crippen LogP contribution in [0, 0.1) is 0 Å². The van der Waals surface area contributed by atoms with Crippen molar-refractivity contribution in [2.24, 2.45) is 0 Å². The van der Waals surface area contributed by atoms with Crippen molar-refractivity contribution in [3.63, 3.8) is 0 Å². The highest BCUT2D eigenvalue weighted by atomic mass is 32.2. The van der Waals surface area contributed by atoms with Crippen LogP contribution in [0.25, 0.3) is 0 Å². The maximum Gasteiger partial charge on any atom is 0.339 e. The van der Waals surface area contributed by atoms with Gasteiger partial charge >= 0.3 is 5.97 Å². The second kappa shape index (κ2) is 9.27. The Morgan fingerprint density at radius 3 is 2.55 bits per heavy atom. The van der Waals surface area contributed by atoms with Crippen LogP contribution in [-0.2, 0) is 22.4 Å². The Balaban J connectivity index is 1.68. The van der Waals surface area contributed by atoms with E-state index < -0.39 is 12.1 Å². The van der Waals surface area contributed by atoms with E-state index in [1.807, 2.05) is 18.2 Å². The van der Waals surface area contributed by atoms with E-state index in [1.165, 1.54) is 27.8 Å². The molecule has 0 bridgehead atoms. The minimum atomic E-state index is -0.886. The molecule has 6 heteroatoms. The molecule has 1 amide bonds. The number of esters is 1. The Bertz CT molecular complexity index is 938. The standard InChI is InChI=1S/C23H25NO4S/c1-15(22(26)18-12-11-16-7-6-8-17(16)13-18)28-23(27)19-9-4-5-10-20(19)29-14-21(25)24(2)3/h4-5,9-13,15H,6-8,14H2,1-3H3/t15-/m0/s1. The van der Waals surface area contributed by atoms with E-state index in [-0.39, 0.29) is 17.4 Å². The summed E-state index contributed by atoms with van der Waals surface area (Å²) in [6, 6.07) is 12.7. The Morgan fingerprint density at radius 1 is 1.07 bits per heavy atom. The summed E-state index contributed by atoms with van der Waals surface area (Å²) >= 11 is 1.28.